The maximum absolute atomic E-state index is 9.51. The normalized spacial score (nSPS) is 10.8. The summed E-state index contributed by atoms with van der Waals surface area (Å²) >= 11 is 0. The lowest BCUT2D eigenvalue weighted by atomic mass is 9.96. The van der Waals surface area contributed by atoms with Crippen LogP contribution in [0.15, 0.2) is 6.07 Å². The van der Waals surface area contributed by atoms with E-state index in [1.165, 1.54) is 0 Å². The van der Waals surface area contributed by atoms with Crippen molar-refractivity contribution in [3.63, 3.8) is 0 Å². The maximum atomic E-state index is 9.51. The van der Waals surface area contributed by atoms with Gasteiger partial charge in [0.2, 0.25) is 0 Å². The monoisotopic (exact) mass is 182 g/mol. The van der Waals surface area contributed by atoms with Crippen LogP contribution in [0.25, 0.3) is 0 Å². The molecule has 1 rings (SSSR count). The van der Waals surface area contributed by atoms with E-state index in [0.29, 0.717) is 11.1 Å². The standard InChI is InChI=1S/C10H14O3/c1-5(2)9-6(3)7(11)4-8(12)10(9)13/h4-5,11-13H,1-3H3. The van der Waals surface area contributed by atoms with Gasteiger partial charge in [-0.1, -0.05) is 13.8 Å². The first-order valence-electron chi connectivity index (χ1n) is 4.19. The third-order valence-electron chi connectivity index (χ3n) is 2.14. The van der Waals surface area contributed by atoms with E-state index in [-0.39, 0.29) is 23.2 Å². The Hall–Kier alpha value is -1.38. The third kappa shape index (κ3) is 1.54. The number of hydrogen-bond donors (Lipinski definition) is 3. The summed E-state index contributed by atoms with van der Waals surface area (Å²) in [6.45, 7) is 5.49. The second kappa shape index (κ2) is 3.17. The molecule has 0 fully saturated rings. The quantitative estimate of drug-likeness (QED) is 0.461. The first kappa shape index (κ1) is 9.71. The van der Waals surface area contributed by atoms with E-state index >= 15 is 0 Å². The zero-order chi connectivity index (χ0) is 10.2. The van der Waals surface area contributed by atoms with Gasteiger partial charge >= 0.3 is 0 Å². The molecule has 0 unspecified atom stereocenters. The molecule has 3 N–H and O–H groups in total. The van der Waals surface area contributed by atoms with Crippen LogP contribution < -0.4 is 0 Å². The Balaban J connectivity index is 3.46. The van der Waals surface area contributed by atoms with E-state index in [1.54, 1.807) is 6.92 Å². The summed E-state index contributed by atoms with van der Waals surface area (Å²) in [6.07, 6.45) is 0. The highest BCUT2D eigenvalue weighted by molar-refractivity contribution is 5.55. The van der Waals surface area contributed by atoms with Gasteiger partial charge in [-0.05, 0) is 18.4 Å². The molecule has 0 bridgehead atoms. The second-order valence-corrected chi connectivity index (χ2v) is 3.46. The zero-order valence-corrected chi connectivity index (χ0v) is 8.00. The van der Waals surface area contributed by atoms with Gasteiger partial charge in [0, 0.05) is 11.6 Å². The van der Waals surface area contributed by atoms with Crippen LogP contribution in [0.4, 0.5) is 0 Å². The van der Waals surface area contributed by atoms with E-state index in [4.69, 9.17) is 0 Å². The lowest BCUT2D eigenvalue weighted by Crippen LogP contribution is -1.93. The molecule has 1 aromatic carbocycles. The number of phenolic OH excluding ortho intramolecular Hbond substituents is 3. The predicted octanol–water partition coefficient (Wildman–Crippen LogP) is 2.24. The molecule has 3 heteroatoms. The summed E-state index contributed by atoms with van der Waals surface area (Å²) in [5.41, 5.74) is 1.21. The van der Waals surface area contributed by atoms with Crippen LogP contribution in [-0.4, -0.2) is 15.3 Å². The first-order valence-corrected chi connectivity index (χ1v) is 4.19. The third-order valence-corrected chi connectivity index (χ3v) is 2.14. The van der Waals surface area contributed by atoms with Crippen LogP contribution in [0.2, 0.25) is 0 Å². The van der Waals surface area contributed by atoms with Gasteiger partial charge in [-0.2, -0.15) is 0 Å². The summed E-state index contributed by atoms with van der Waals surface area (Å²) in [5.74, 6) is -0.325. The van der Waals surface area contributed by atoms with Crippen molar-refractivity contribution in [2.75, 3.05) is 0 Å². The fourth-order valence-corrected chi connectivity index (χ4v) is 1.47. The predicted molar refractivity (Wildman–Crippen MR) is 50.3 cm³/mol. The van der Waals surface area contributed by atoms with Gasteiger partial charge in [0.1, 0.15) is 5.75 Å². The van der Waals surface area contributed by atoms with Crippen molar-refractivity contribution < 1.29 is 15.3 Å². The molecule has 0 saturated heterocycles. The van der Waals surface area contributed by atoms with Crippen molar-refractivity contribution in [2.24, 2.45) is 0 Å². The highest BCUT2D eigenvalue weighted by atomic mass is 16.3. The van der Waals surface area contributed by atoms with Crippen molar-refractivity contribution in [1.82, 2.24) is 0 Å². The number of aromatic hydroxyl groups is 3. The minimum absolute atomic E-state index is 0.0130. The molecule has 0 aliphatic heterocycles. The van der Waals surface area contributed by atoms with Crippen LogP contribution in [0, 0.1) is 6.92 Å². The lowest BCUT2D eigenvalue weighted by molar-refractivity contribution is 0.388. The largest absolute Gasteiger partial charge is 0.508 e. The van der Waals surface area contributed by atoms with Gasteiger partial charge in [-0.25, -0.2) is 0 Å². The Morgan fingerprint density at radius 2 is 1.62 bits per heavy atom. The van der Waals surface area contributed by atoms with Crippen molar-refractivity contribution >= 4 is 0 Å². The van der Waals surface area contributed by atoms with Crippen molar-refractivity contribution in [3.8, 4) is 17.2 Å². The molecule has 0 aliphatic rings. The second-order valence-electron chi connectivity index (χ2n) is 3.46. The Kier molecular flexibility index (Phi) is 2.36. The van der Waals surface area contributed by atoms with Crippen LogP contribution in [0.3, 0.4) is 0 Å². The Labute approximate surface area is 77.3 Å². The number of hydrogen-bond acceptors (Lipinski definition) is 3. The zero-order valence-electron chi connectivity index (χ0n) is 8.00. The summed E-state index contributed by atoms with van der Waals surface area (Å²) in [6, 6.07) is 1.15. The molecule has 72 valence electrons. The van der Waals surface area contributed by atoms with E-state index in [1.807, 2.05) is 13.8 Å². The number of benzene rings is 1. The van der Waals surface area contributed by atoms with Crippen molar-refractivity contribution in [2.45, 2.75) is 26.7 Å². The van der Waals surface area contributed by atoms with Gasteiger partial charge in [-0.3, -0.25) is 0 Å². The van der Waals surface area contributed by atoms with E-state index < -0.39 is 0 Å². The fraction of sp³-hybridized carbons (Fsp3) is 0.400. The average Bonchev–Trinajstić information content (AvgIpc) is 2.01. The minimum atomic E-state index is -0.271. The molecule has 13 heavy (non-hydrogen) atoms. The molecular formula is C10H14O3. The van der Waals surface area contributed by atoms with Gasteiger partial charge < -0.3 is 15.3 Å². The highest BCUT2D eigenvalue weighted by Gasteiger charge is 2.16. The number of rotatable bonds is 1. The molecule has 0 spiro atoms. The molecule has 0 radical (unpaired) electrons. The van der Waals surface area contributed by atoms with Gasteiger partial charge in [0.25, 0.3) is 0 Å². The molecule has 0 aliphatic carbocycles. The van der Waals surface area contributed by atoms with Crippen LogP contribution in [0.5, 0.6) is 17.2 Å². The minimum Gasteiger partial charge on any atom is -0.508 e. The van der Waals surface area contributed by atoms with Gasteiger partial charge in [-0.15, -0.1) is 0 Å². The Morgan fingerprint density at radius 3 is 2.08 bits per heavy atom. The van der Waals surface area contributed by atoms with Gasteiger partial charge in [0.05, 0.1) is 0 Å². The summed E-state index contributed by atoms with van der Waals surface area (Å²) in [4.78, 5) is 0. The number of phenols is 3. The molecule has 3 nitrogen and oxygen atoms in total. The highest BCUT2D eigenvalue weighted by Crippen LogP contribution is 2.40. The molecular weight excluding hydrogens is 168 g/mol. The summed E-state index contributed by atoms with van der Waals surface area (Å²) < 4.78 is 0. The topological polar surface area (TPSA) is 60.7 Å². The lowest BCUT2D eigenvalue weighted by Gasteiger charge is -2.14. The molecule has 0 heterocycles. The molecule has 0 amide bonds. The smallest absolute Gasteiger partial charge is 0.161 e. The SMILES string of the molecule is Cc1c(O)cc(O)c(O)c1C(C)C. The van der Waals surface area contributed by atoms with Crippen LogP contribution in [-0.2, 0) is 0 Å². The first-order chi connectivity index (χ1) is 5.95. The average molecular weight is 182 g/mol. The van der Waals surface area contributed by atoms with Gasteiger partial charge in [0.15, 0.2) is 11.5 Å². The Morgan fingerprint density at radius 1 is 1.08 bits per heavy atom. The van der Waals surface area contributed by atoms with E-state index in [0.717, 1.165) is 6.07 Å². The molecule has 0 saturated carbocycles. The van der Waals surface area contributed by atoms with E-state index in [9.17, 15) is 15.3 Å². The van der Waals surface area contributed by atoms with E-state index in [2.05, 4.69) is 0 Å². The molecule has 0 aromatic heterocycles. The summed E-state index contributed by atoms with van der Waals surface area (Å²) in [5, 5.41) is 28.1. The fourth-order valence-electron chi connectivity index (χ4n) is 1.47. The maximum Gasteiger partial charge on any atom is 0.161 e. The summed E-state index contributed by atoms with van der Waals surface area (Å²) in [7, 11) is 0. The van der Waals surface area contributed by atoms with Crippen LogP contribution in [0.1, 0.15) is 30.9 Å². The molecule has 0 atom stereocenters. The van der Waals surface area contributed by atoms with Crippen LogP contribution >= 0.6 is 0 Å². The Bertz CT molecular complexity index is 303. The van der Waals surface area contributed by atoms with Crippen molar-refractivity contribution in [1.29, 1.82) is 0 Å². The molecule has 1 aromatic rings. The van der Waals surface area contributed by atoms with Crippen molar-refractivity contribution in [3.05, 3.63) is 17.2 Å².